The van der Waals surface area contributed by atoms with Gasteiger partial charge in [0.1, 0.15) is 11.5 Å². The number of halogens is 1. The summed E-state index contributed by atoms with van der Waals surface area (Å²) in [5.74, 6) is 0.750. The van der Waals surface area contributed by atoms with Gasteiger partial charge in [-0.05, 0) is 32.0 Å². The van der Waals surface area contributed by atoms with Crippen LogP contribution in [-0.4, -0.2) is 19.0 Å². The lowest BCUT2D eigenvalue weighted by atomic mass is 10.0. The first-order valence-electron chi connectivity index (χ1n) is 7.06. The van der Waals surface area contributed by atoms with E-state index in [1.54, 1.807) is 36.4 Å². The van der Waals surface area contributed by atoms with E-state index in [1.165, 1.54) is 0 Å². The average Bonchev–Trinajstić information content (AvgIpc) is 2.50. The molecule has 0 saturated carbocycles. The van der Waals surface area contributed by atoms with Gasteiger partial charge in [-0.25, -0.2) is 0 Å². The lowest BCUT2D eigenvalue weighted by Crippen LogP contribution is -2.07. The zero-order chi connectivity index (χ0) is 16.1. The van der Waals surface area contributed by atoms with E-state index in [0.29, 0.717) is 46.5 Å². The van der Waals surface area contributed by atoms with Crippen molar-refractivity contribution < 1.29 is 14.3 Å². The van der Waals surface area contributed by atoms with E-state index >= 15 is 0 Å². The van der Waals surface area contributed by atoms with Crippen molar-refractivity contribution in [2.45, 2.75) is 13.8 Å². The summed E-state index contributed by atoms with van der Waals surface area (Å²) in [6.07, 6.45) is 0. The van der Waals surface area contributed by atoms with Gasteiger partial charge < -0.3 is 15.2 Å². The van der Waals surface area contributed by atoms with Gasteiger partial charge in [0.05, 0.1) is 23.8 Å². The highest BCUT2D eigenvalue weighted by molar-refractivity contribution is 6.32. The molecule has 0 bridgehead atoms. The fourth-order valence-corrected chi connectivity index (χ4v) is 2.31. The van der Waals surface area contributed by atoms with E-state index in [9.17, 15) is 4.79 Å². The molecular weight excluding hydrogens is 302 g/mol. The van der Waals surface area contributed by atoms with Gasteiger partial charge in [-0.15, -0.1) is 0 Å². The molecule has 2 aromatic carbocycles. The summed E-state index contributed by atoms with van der Waals surface area (Å²) < 4.78 is 11.0. The molecular formula is C17H18ClNO3. The SMILES string of the molecule is CCOc1cc(OCC)c(C(=O)c2cccc(N)c2)cc1Cl. The van der Waals surface area contributed by atoms with Crippen LogP contribution in [0.25, 0.3) is 0 Å². The Labute approximate surface area is 134 Å². The Kier molecular flexibility index (Phi) is 5.28. The second-order valence-corrected chi connectivity index (χ2v) is 5.01. The van der Waals surface area contributed by atoms with Crippen molar-refractivity contribution in [3.63, 3.8) is 0 Å². The number of carbonyl (C=O) groups is 1. The number of carbonyl (C=O) groups excluding carboxylic acids is 1. The standard InChI is InChI=1S/C17H18ClNO3/c1-3-21-15-10-16(22-4-2)14(18)9-13(15)17(20)11-6-5-7-12(19)8-11/h5-10H,3-4,19H2,1-2H3. The van der Waals surface area contributed by atoms with Crippen molar-refractivity contribution in [2.24, 2.45) is 0 Å². The molecule has 0 spiro atoms. The summed E-state index contributed by atoms with van der Waals surface area (Å²) in [5, 5.41) is 0.373. The molecule has 2 rings (SSSR count). The summed E-state index contributed by atoms with van der Waals surface area (Å²) in [6, 6.07) is 10.0. The van der Waals surface area contributed by atoms with E-state index in [-0.39, 0.29) is 5.78 Å². The zero-order valence-electron chi connectivity index (χ0n) is 12.6. The Bertz CT molecular complexity index is 686. The summed E-state index contributed by atoms with van der Waals surface area (Å²) in [5.41, 5.74) is 7.14. The number of nitrogens with two attached hydrogens (primary N) is 1. The Balaban J connectivity index is 2.48. The molecule has 0 aromatic heterocycles. The molecule has 0 aliphatic carbocycles. The minimum absolute atomic E-state index is 0.194. The summed E-state index contributed by atoms with van der Waals surface area (Å²) in [4.78, 5) is 12.7. The largest absolute Gasteiger partial charge is 0.493 e. The monoisotopic (exact) mass is 319 g/mol. The van der Waals surface area contributed by atoms with Gasteiger partial charge in [-0.3, -0.25) is 4.79 Å². The lowest BCUT2D eigenvalue weighted by molar-refractivity contribution is 0.103. The van der Waals surface area contributed by atoms with Crippen LogP contribution in [0, 0.1) is 0 Å². The van der Waals surface area contributed by atoms with Gasteiger partial charge in [0.15, 0.2) is 5.78 Å². The molecule has 0 aliphatic heterocycles. The van der Waals surface area contributed by atoms with Gasteiger partial charge in [0, 0.05) is 17.3 Å². The fourth-order valence-electron chi connectivity index (χ4n) is 2.09. The highest BCUT2D eigenvalue weighted by Gasteiger charge is 2.18. The Morgan fingerprint density at radius 1 is 1.09 bits per heavy atom. The van der Waals surface area contributed by atoms with Crippen LogP contribution in [0.5, 0.6) is 11.5 Å². The predicted molar refractivity (Wildman–Crippen MR) is 88.1 cm³/mol. The van der Waals surface area contributed by atoms with Gasteiger partial charge in [-0.2, -0.15) is 0 Å². The number of anilines is 1. The van der Waals surface area contributed by atoms with Crippen LogP contribution in [0.1, 0.15) is 29.8 Å². The third-order valence-corrected chi connectivity index (χ3v) is 3.32. The lowest BCUT2D eigenvalue weighted by Gasteiger charge is -2.13. The number of ketones is 1. The number of hydrogen-bond acceptors (Lipinski definition) is 4. The molecule has 2 N–H and O–H groups in total. The van der Waals surface area contributed by atoms with Crippen molar-refractivity contribution in [3.05, 3.63) is 52.5 Å². The molecule has 22 heavy (non-hydrogen) atoms. The maximum Gasteiger partial charge on any atom is 0.196 e. The highest BCUT2D eigenvalue weighted by Crippen LogP contribution is 2.34. The summed E-state index contributed by atoms with van der Waals surface area (Å²) in [7, 11) is 0. The summed E-state index contributed by atoms with van der Waals surface area (Å²) in [6.45, 7) is 4.63. The molecule has 4 nitrogen and oxygen atoms in total. The maximum atomic E-state index is 12.7. The van der Waals surface area contributed by atoms with Crippen molar-refractivity contribution in [1.29, 1.82) is 0 Å². The van der Waals surface area contributed by atoms with Crippen molar-refractivity contribution in [2.75, 3.05) is 18.9 Å². The van der Waals surface area contributed by atoms with E-state index < -0.39 is 0 Å². The minimum atomic E-state index is -0.194. The maximum absolute atomic E-state index is 12.7. The van der Waals surface area contributed by atoms with E-state index in [2.05, 4.69) is 0 Å². The zero-order valence-corrected chi connectivity index (χ0v) is 13.3. The van der Waals surface area contributed by atoms with Crippen molar-refractivity contribution >= 4 is 23.1 Å². The summed E-state index contributed by atoms with van der Waals surface area (Å²) >= 11 is 6.19. The molecule has 0 saturated heterocycles. The molecule has 0 atom stereocenters. The Morgan fingerprint density at radius 3 is 2.41 bits per heavy atom. The second kappa shape index (κ2) is 7.18. The molecule has 0 heterocycles. The van der Waals surface area contributed by atoms with Crippen LogP contribution < -0.4 is 15.2 Å². The molecule has 0 aliphatic rings. The van der Waals surface area contributed by atoms with Crippen LogP contribution in [-0.2, 0) is 0 Å². The third-order valence-electron chi connectivity index (χ3n) is 3.03. The molecule has 0 fully saturated rings. The van der Waals surface area contributed by atoms with Crippen LogP contribution in [0.2, 0.25) is 5.02 Å². The Hall–Kier alpha value is -2.20. The third kappa shape index (κ3) is 3.52. The van der Waals surface area contributed by atoms with Gasteiger partial charge in [0.2, 0.25) is 0 Å². The van der Waals surface area contributed by atoms with E-state index in [4.69, 9.17) is 26.8 Å². The smallest absolute Gasteiger partial charge is 0.196 e. The first kappa shape index (κ1) is 16.2. The van der Waals surface area contributed by atoms with Crippen LogP contribution in [0.15, 0.2) is 36.4 Å². The predicted octanol–water partition coefficient (Wildman–Crippen LogP) is 3.95. The topological polar surface area (TPSA) is 61.5 Å². The molecule has 2 aromatic rings. The van der Waals surface area contributed by atoms with Crippen LogP contribution in [0.4, 0.5) is 5.69 Å². The van der Waals surface area contributed by atoms with Crippen LogP contribution in [0.3, 0.4) is 0 Å². The minimum Gasteiger partial charge on any atom is -0.493 e. The number of nitrogen functional groups attached to an aromatic ring is 1. The molecule has 0 amide bonds. The molecule has 5 heteroatoms. The highest BCUT2D eigenvalue weighted by atomic mass is 35.5. The molecule has 0 unspecified atom stereocenters. The second-order valence-electron chi connectivity index (χ2n) is 4.60. The number of rotatable bonds is 6. The fraction of sp³-hybridized carbons (Fsp3) is 0.235. The van der Waals surface area contributed by atoms with Gasteiger partial charge >= 0.3 is 0 Å². The number of benzene rings is 2. The van der Waals surface area contributed by atoms with Crippen molar-refractivity contribution in [1.82, 2.24) is 0 Å². The molecule has 0 radical (unpaired) electrons. The van der Waals surface area contributed by atoms with Crippen molar-refractivity contribution in [3.8, 4) is 11.5 Å². The average molecular weight is 320 g/mol. The van der Waals surface area contributed by atoms with E-state index in [1.807, 2.05) is 13.8 Å². The first-order chi connectivity index (χ1) is 10.6. The van der Waals surface area contributed by atoms with E-state index in [0.717, 1.165) is 0 Å². The Morgan fingerprint density at radius 2 is 1.77 bits per heavy atom. The van der Waals surface area contributed by atoms with Crippen LogP contribution >= 0.6 is 11.6 Å². The van der Waals surface area contributed by atoms with Gasteiger partial charge in [0.25, 0.3) is 0 Å². The number of hydrogen-bond donors (Lipinski definition) is 1. The first-order valence-corrected chi connectivity index (χ1v) is 7.44. The number of ether oxygens (including phenoxy) is 2. The van der Waals surface area contributed by atoms with Gasteiger partial charge in [-0.1, -0.05) is 23.7 Å². The quantitative estimate of drug-likeness (QED) is 0.647. The molecule has 116 valence electrons. The normalized spacial score (nSPS) is 10.3.